The maximum absolute atomic E-state index is 5.17. The first-order chi connectivity index (χ1) is 18.4. The zero-order valence-electron chi connectivity index (χ0n) is 25.1. The lowest BCUT2D eigenvalue weighted by molar-refractivity contribution is -0.659. The fraction of sp³-hybridized carbons (Fsp3) is 0.405. The van der Waals surface area contributed by atoms with Crippen LogP contribution in [0.3, 0.4) is 0 Å². The molecule has 2 nitrogen and oxygen atoms in total. The van der Waals surface area contributed by atoms with E-state index in [0.29, 0.717) is 11.3 Å². The van der Waals surface area contributed by atoms with Crippen molar-refractivity contribution >= 4 is 32.4 Å². The minimum Gasteiger partial charge on any atom is -0.252 e. The van der Waals surface area contributed by atoms with Gasteiger partial charge in [0.1, 0.15) is 7.05 Å². The van der Waals surface area contributed by atoms with Gasteiger partial charge in [-0.3, -0.25) is 4.98 Å². The van der Waals surface area contributed by atoms with Crippen molar-refractivity contribution < 1.29 is 4.57 Å². The molecular weight excluding hydrogens is 472 g/mol. The Kier molecular flexibility index (Phi) is 6.10. The van der Waals surface area contributed by atoms with Crippen LogP contribution in [-0.4, -0.2) is 4.98 Å². The number of hydrogen-bond acceptors (Lipinski definition) is 1. The number of aromatic nitrogens is 2. The van der Waals surface area contributed by atoms with Gasteiger partial charge in [0.05, 0.1) is 16.5 Å². The molecule has 2 aromatic heterocycles. The summed E-state index contributed by atoms with van der Waals surface area (Å²) in [7, 11) is 2.18. The number of fused-ring (bicyclic) bond motifs is 4. The molecule has 0 amide bonds. The second-order valence-electron chi connectivity index (χ2n) is 13.9. The quantitative estimate of drug-likeness (QED) is 0.169. The Morgan fingerprint density at radius 3 is 2.18 bits per heavy atom. The minimum atomic E-state index is 0.0417. The highest BCUT2D eigenvalue weighted by Crippen LogP contribution is 2.45. The molecule has 5 aromatic rings. The largest absolute Gasteiger partial charge is 0.252 e. The summed E-state index contributed by atoms with van der Waals surface area (Å²) in [6.45, 7) is 16.3. The van der Waals surface area contributed by atoms with E-state index in [-0.39, 0.29) is 5.41 Å². The van der Waals surface area contributed by atoms with Gasteiger partial charge in [-0.25, -0.2) is 4.57 Å². The zero-order chi connectivity index (χ0) is 27.7. The normalized spacial score (nSPS) is 16.4. The Bertz CT molecular complexity index is 1740. The maximum Gasteiger partial charge on any atom is 0.220 e. The summed E-state index contributed by atoms with van der Waals surface area (Å²) < 4.78 is 2.30. The third kappa shape index (κ3) is 4.42. The summed E-state index contributed by atoms with van der Waals surface area (Å²) >= 11 is 0. The van der Waals surface area contributed by atoms with Crippen molar-refractivity contribution in [3.8, 4) is 11.3 Å². The third-order valence-corrected chi connectivity index (χ3v) is 9.41. The Morgan fingerprint density at radius 2 is 1.49 bits per heavy atom. The van der Waals surface area contributed by atoms with Gasteiger partial charge in [-0.1, -0.05) is 65.0 Å². The predicted molar refractivity (Wildman–Crippen MR) is 167 cm³/mol. The highest BCUT2D eigenvalue weighted by atomic mass is 14.9. The lowest BCUT2D eigenvalue weighted by Gasteiger charge is -2.35. The third-order valence-electron chi connectivity index (χ3n) is 9.41. The Morgan fingerprint density at radius 1 is 0.821 bits per heavy atom. The molecule has 0 spiro atoms. The standard InChI is InChI=1S/C37H43N2/c1-23-21-32(25-15-18-37(6,7)19-16-25)28-13-14-30-29(34(28)38-23)17-20-39(8)35(30)31-22-33(36(3,4)5)27-12-10-9-11-26(27)24(31)2/h9-14,17,20-22,25H,15-16,18-19H2,1-8H3/q+1. The number of rotatable bonds is 2. The van der Waals surface area contributed by atoms with Crippen LogP contribution >= 0.6 is 0 Å². The van der Waals surface area contributed by atoms with Crippen molar-refractivity contribution in [2.75, 3.05) is 0 Å². The van der Waals surface area contributed by atoms with E-state index >= 15 is 0 Å². The fourth-order valence-electron chi connectivity index (χ4n) is 7.07. The average molecular weight is 516 g/mol. The molecule has 2 heterocycles. The molecule has 0 unspecified atom stereocenters. The molecular formula is C37H43N2+. The zero-order valence-corrected chi connectivity index (χ0v) is 25.1. The molecule has 0 aliphatic heterocycles. The highest BCUT2D eigenvalue weighted by molar-refractivity contribution is 6.10. The first-order valence-corrected chi connectivity index (χ1v) is 14.7. The summed E-state index contributed by atoms with van der Waals surface area (Å²) in [5.74, 6) is 0.621. The van der Waals surface area contributed by atoms with E-state index in [0.717, 1.165) is 11.2 Å². The SMILES string of the molecule is Cc1cc(C2CCC(C)(C)CC2)c2ccc3c(-c4cc(C(C)(C)C)c5ccccc5c4C)[n+](C)ccc3c2n1. The van der Waals surface area contributed by atoms with Crippen LogP contribution in [0.15, 0.2) is 60.8 Å². The van der Waals surface area contributed by atoms with Crippen molar-refractivity contribution in [1.82, 2.24) is 4.98 Å². The van der Waals surface area contributed by atoms with Crippen molar-refractivity contribution in [2.45, 2.75) is 85.5 Å². The molecule has 0 atom stereocenters. The van der Waals surface area contributed by atoms with Gasteiger partial charge in [-0.05, 0) is 102 Å². The molecule has 1 aliphatic carbocycles. The van der Waals surface area contributed by atoms with Crippen LogP contribution in [0.5, 0.6) is 0 Å². The fourth-order valence-corrected chi connectivity index (χ4v) is 7.07. The first kappa shape index (κ1) is 26.0. The summed E-state index contributed by atoms with van der Waals surface area (Å²) in [5.41, 5.74) is 9.61. The van der Waals surface area contributed by atoms with Crippen LogP contribution in [0.2, 0.25) is 0 Å². The van der Waals surface area contributed by atoms with Gasteiger partial charge in [0.2, 0.25) is 5.69 Å². The minimum absolute atomic E-state index is 0.0417. The number of hydrogen-bond donors (Lipinski definition) is 0. The molecule has 6 rings (SSSR count). The number of pyridine rings is 2. The van der Waals surface area contributed by atoms with Crippen LogP contribution in [-0.2, 0) is 12.5 Å². The Hall–Kier alpha value is -3.26. The van der Waals surface area contributed by atoms with Gasteiger partial charge in [0.25, 0.3) is 0 Å². The van der Waals surface area contributed by atoms with Crippen LogP contribution in [0.4, 0.5) is 0 Å². The second kappa shape index (κ2) is 9.15. The molecule has 0 saturated heterocycles. The second-order valence-corrected chi connectivity index (χ2v) is 13.9. The molecule has 0 radical (unpaired) electrons. The lowest BCUT2D eigenvalue weighted by atomic mass is 9.71. The van der Waals surface area contributed by atoms with Crippen molar-refractivity contribution in [3.05, 3.63) is 83.2 Å². The van der Waals surface area contributed by atoms with E-state index in [4.69, 9.17) is 4.98 Å². The molecule has 0 N–H and O–H groups in total. The number of aryl methyl sites for hydroxylation is 3. The molecule has 3 aromatic carbocycles. The van der Waals surface area contributed by atoms with E-state index in [1.165, 1.54) is 80.6 Å². The van der Waals surface area contributed by atoms with Crippen molar-refractivity contribution in [2.24, 2.45) is 12.5 Å². The maximum atomic E-state index is 5.17. The first-order valence-electron chi connectivity index (χ1n) is 14.7. The summed E-state index contributed by atoms with van der Waals surface area (Å²) in [5, 5.41) is 6.57. The lowest BCUT2D eigenvalue weighted by Crippen LogP contribution is -2.31. The van der Waals surface area contributed by atoms with Crippen molar-refractivity contribution in [1.29, 1.82) is 0 Å². The molecule has 0 bridgehead atoms. The van der Waals surface area contributed by atoms with Gasteiger partial charge in [-0.15, -0.1) is 0 Å². The van der Waals surface area contributed by atoms with Crippen LogP contribution < -0.4 is 4.57 Å². The van der Waals surface area contributed by atoms with E-state index in [1.54, 1.807) is 0 Å². The molecule has 1 aliphatic rings. The number of nitrogens with zero attached hydrogens (tertiary/aromatic N) is 2. The number of benzene rings is 3. The average Bonchev–Trinajstić information content (AvgIpc) is 2.88. The summed E-state index contributed by atoms with van der Waals surface area (Å²) in [6, 6.07) is 20.7. The highest BCUT2D eigenvalue weighted by Gasteiger charge is 2.30. The molecule has 200 valence electrons. The molecule has 1 fully saturated rings. The van der Waals surface area contributed by atoms with Crippen molar-refractivity contribution in [3.63, 3.8) is 0 Å². The summed E-state index contributed by atoms with van der Waals surface area (Å²) in [6.07, 6.45) is 7.36. The van der Waals surface area contributed by atoms with E-state index in [9.17, 15) is 0 Å². The monoisotopic (exact) mass is 515 g/mol. The van der Waals surface area contributed by atoms with E-state index in [2.05, 4.69) is 121 Å². The molecule has 2 heteroatoms. The summed E-state index contributed by atoms with van der Waals surface area (Å²) in [4.78, 5) is 5.17. The predicted octanol–water partition coefficient (Wildman–Crippen LogP) is 9.63. The van der Waals surface area contributed by atoms with Gasteiger partial charge in [-0.2, -0.15) is 0 Å². The van der Waals surface area contributed by atoms with Gasteiger partial charge < -0.3 is 0 Å². The molecule has 39 heavy (non-hydrogen) atoms. The smallest absolute Gasteiger partial charge is 0.220 e. The van der Waals surface area contributed by atoms with E-state index < -0.39 is 0 Å². The topological polar surface area (TPSA) is 16.8 Å². The Labute approximate surface area is 234 Å². The van der Waals surface area contributed by atoms with Crippen LogP contribution in [0, 0.1) is 19.3 Å². The van der Waals surface area contributed by atoms with Crippen LogP contribution in [0.1, 0.15) is 88.6 Å². The van der Waals surface area contributed by atoms with Crippen LogP contribution in [0.25, 0.3) is 43.7 Å². The van der Waals surface area contributed by atoms with E-state index in [1.807, 2.05) is 0 Å². The van der Waals surface area contributed by atoms with Gasteiger partial charge in [0, 0.05) is 22.5 Å². The van der Waals surface area contributed by atoms with Gasteiger partial charge in [0.15, 0.2) is 6.20 Å². The molecule has 1 saturated carbocycles. The Balaban J connectivity index is 1.62. The van der Waals surface area contributed by atoms with Gasteiger partial charge >= 0.3 is 0 Å².